The van der Waals surface area contributed by atoms with Gasteiger partial charge in [0.25, 0.3) is 5.56 Å². The SMILES string of the molecule is CCN1CCO[C@@H](CNc2nc(C)cc(=O)[nH]2)[C@@H]1c1ccccc1. The second-order valence-electron chi connectivity index (χ2n) is 6.01. The summed E-state index contributed by atoms with van der Waals surface area (Å²) in [6.07, 6.45) is -0.00749. The molecular formula is C18H24N4O2. The Morgan fingerprint density at radius 1 is 1.38 bits per heavy atom. The molecule has 1 aromatic carbocycles. The van der Waals surface area contributed by atoms with Crippen LogP contribution in [0.25, 0.3) is 0 Å². The van der Waals surface area contributed by atoms with Crippen LogP contribution in [0.2, 0.25) is 0 Å². The highest BCUT2D eigenvalue weighted by Gasteiger charge is 2.32. The van der Waals surface area contributed by atoms with E-state index in [1.807, 2.05) is 13.0 Å². The smallest absolute Gasteiger partial charge is 0.252 e. The molecule has 2 atom stereocenters. The molecule has 128 valence electrons. The Balaban J connectivity index is 1.77. The van der Waals surface area contributed by atoms with Crippen LogP contribution in [0.3, 0.4) is 0 Å². The van der Waals surface area contributed by atoms with Gasteiger partial charge in [0.05, 0.1) is 18.8 Å². The number of aromatic nitrogens is 2. The molecule has 2 N–H and O–H groups in total. The van der Waals surface area contributed by atoms with Crippen molar-refractivity contribution < 1.29 is 4.74 Å². The monoisotopic (exact) mass is 328 g/mol. The molecule has 2 heterocycles. The first-order valence-corrected chi connectivity index (χ1v) is 8.40. The first-order valence-electron chi connectivity index (χ1n) is 8.40. The van der Waals surface area contributed by atoms with E-state index < -0.39 is 0 Å². The third-order valence-corrected chi connectivity index (χ3v) is 4.34. The fraction of sp³-hybridized carbons (Fsp3) is 0.444. The van der Waals surface area contributed by atoms with Crippen LogP contribution in [-0.4, -0.2) is 47.2 Å². The number of likely N-dealkylation sites (N-methyl/N-ethyl adjacent to an activating group) is 1. The van der Waals surface area contributed by atoms with Crippen molar-refractivity contribution in [2.75, 3.05) is 31.6 Å². The third-order valence-electron chi connectivity index (χ3n) is 4.34. The molecule has 0 amide bonds. The molecule has 0 spiro atoms. The average molecular weight is 328 g/mol. The Labute approximate surface area is 141 Å². The van der Waals surface area contributed by atoms with Gasteiger partial charge in [0, 0.05) is 24.8 Å². The topological polar surface area (TPSA) is 70.2 Å². The number of nitrogens with one attached hydrogen (secondary N) is 2. The van der Waals surface area contributed by atoms with Crippen molar-refractivity contribution in [1.82, 2.24) is 14.9 Å². The van der Waals surface area contributed by atoms with E-state index in [-0.39, 0.29) is 17.7 Å². The standard InChI is InChI=1S/C18H24N4O2/c1-3-22-9-10-24-15(17(22)14-7-5-4-6-8-14)12-19-18-20-13(2)11-16(23)21-18/h4-8,11,15,17H,3,9-10,12H2,1-2H3,(H2,19,20,21,23)/t15-,17-/m0/s1. The van der Waals surface area contributed by atoms with Gasteiger partial charge < -0.3 is 10.1 Å². The van der Waals surface area contributed by atoms with Gasteiger partial charge in [0.1, 0.15) is 0 Å². The van der Waals surface area contributed by atoms with Gasteiger partial charge in [-0.25, -0.2) is 4.98 Å². The van der Waals surface area contributed by atoms with Gasteiger partial charge in [-0.1, -0.05) is 37.3 Å². The van der Waals surface area contributed by atoms with E-state index >= 15 is 0 Å². The minimum atomic E-state index is -0.149. The molecular weight excluding hydrogens is 304 g/mol. The lowest BCUT2D eigenvalue weighted by molar-refractivity contribution is -0.0640. The lowest BCUT2D eigenvalue weighted by Crippen LogP contribution is -2.47. The van der Waals surface area contributed by atoms with Crippen LogP contribution in [0, 0.1) is 6.92 Å². The summed E-state index contributed by atoms with van der Waals surface area (Å²) in [5.41, 5.74) is 1.79. The van der Waals surface area contributed by atoms with Crippen molar-refractivity contribution in [3.63, 3.8) is 0 Å². The van der Waals surface area contributed by atoms with Crippen LogP contribution in [0.4, 0.5) is 5.95 Å². The van der Waals surface area contributed by atoms with Crippen molar-refractivity contribution in [1.29, 1.82) is 0 Å². The highest BCUT2D eigenvalue weighted by atomic mass is 16.5. The Kier molecular flexibility index (Phi) is 5.27. The highest BCUT2D eigenvalue weighted by molar-refractivity contribution is 5.27. The van der Waals surface area contributed by atoms with Crippen molar-refractivity contribution >= 4 is 5.95 Å². The summed E-state index contributed by atoms with van der Waals surface area (Å²) in [4.78, 5) is 21.0. The van der Waals surface area contributed by atoms with E-state index in [9.17, 15) is 4.79 Å². The Hall–Kier alpha value is -2.18. The Morgan fingerprint density at radius 3 is 2.88 bits per heavy atom. The summed E-state index contributed by atoms with van der Waals surface area (Å²) in [7, 11) is 0. The maximum absolute atomic E-state index is 11.6. The summed E-state index contributed by atoms with van der Waals surface area (Å²) < 4.78 is 6.04. The van der Waals surface area contributed by atoms with Crippen LogP contribution in [0.5, 0.6) is 0 Å². The lowest BCUT2D eigenvalue weighted by atomic mass is 9.98. The van der Waals surface area contributed by atoms with Crippen molar-refractivity contribution in [2.24, 2.45) is 0 Å². The summed E-state index contributed by atoms with van der Waals surface area (Å²) in [6.45, 7) is 7.17. The van der Waals surface area contributed by atoms with Crippen molar-refractivity contribution in [2.45, 2.75) is 26.0 Å². The van der Waals surface area contributed by atoms with Crippen LogP contribution in [-0.2, 0) is 4.74 Å². The summed E-state index contributed by atoms with van der Waals surface area (Å²) in [6, 6.07) is 12.1. The number of rotatable bonds is 5. The predicted molar refractivity (Wildman–Crippen MR) is 94.3 cm³/mol. The number of aromatic amines is 1. The van der Waals surface area contributed by atoms with Crippen molar-refractivity contribution in [3.8, 4) is 0 Å². The lowest BCUT2D eigenvalue weighted by Gasteiger charge is -2.41. The van der Waals surface area contributed by atoms with Crippen LogP contribution in [0.15, 0.2) is 41.2 Å². The fourth-order valence-corrected chi connectivity index (χ4v) is 3.25. The van der Waals surface area contributed by atoms with Crippen LogP contribution >= 0.6 is 0 Å². The number of ether oxygens (including phenoxy) is 1. The second kappa shape index (κ2) is 7.59. The molecule has 24 heavy (non-hydrogen) atoms. The number of hydrogen-bond acceptors (Lipinski definition) is 5. The van der Waals surface area contributed by atoms with E-state index in [4.69, 9.17) is 4.74 Å². The summed E-state index contributed by atoms with van der Waals surface area (Å²) in [5.74, 6) is 0.490. The number of nitrogens with zero attached hydrogens (tertiary/aromatic N) is 2. The first-order chi connectivity index (χ1) is 11.7. The number of morpholine rings is 1. The third kappa shape index (κ3) is 3.83. The molecule has 0 bridgehead atoms. The largest absolute Gasteiger partial charge is 0.373 e. The molecule has 0 unspecified atom stereocenters. The number of aryl methyl sites for hydroxylation is 1. The summed E-state index contributed by atoms with van der Waals surface area (Å²) in [5, 5.41) is 3.22. The van der Waals surface area contributed by atoms with Gasteiger partial charge in [0.15, 0.2) is 0 Å². The zero-order valence-electron chi connectivity index (χ0n) is 14.2. The molecule has 6 nitrogen and oxygen atoms in total. The number of hydrogen-bond donors (Lipinski definition) is 2. The predicted octanol–water partition coefficient (Wildman–Crippen LogP) is 1.95. The van der Waals surface area contributed by atoms with Gasteiger partial charge in [0.2, 0.25) is 5.95 Å². The van der Waals surface area contributed by atoms with Crippen LogP contribution < -0.4 is 10.9 Å². The quantitative estimate of drug-likeness (QED) is 0.878. The van der Waals surface area contributed by atoms with Gasteiger partial charge in [-0.05, 0) is 19.0 Å². The summed E-state index contributed by atoms with van der Waals surface area (Å²) >= 11 is 0. The normalized spacial score (nSPS) is 21.6. The fourth-order valence-electron chi connectivity index (χ4n) is 3.25. The zero-order chi connectivity index (χ0) is 16.9. The number of benzene rings is 1. The molecule has 0 aliphatic carbocycles. The minimum absolute atomic E-state index is 0.00749. The van der Waals surface area contributed by atoms with E-state index in [0.29, 0.717) is 24.8 Å². The number of H-pyrrole nitrogens is 1. The molecule has 0 radical (unpaired) electrons. The van der Waals surface area contributed by atoms with Gasteiger partial charge in [-0.2, -0.15) is 0 Å². The van der Waals surface area contributed by atoms with E-state index in [1.54, 1.807) is 0 Å². The molecule has 6 heteroatoms. The van der Waals surface area contributed by atoms with Gasteiger partial charge in [-0.15, -0.1) is 0 Å². The molecule has 3 rings (SSSR count). The molecule has 1 saturated heterocycles. The minimum Gasteiger partial charge on any atom is -0.373 e. The Bertz CT molecular complexity index is 716. The molecule has 0 saturated carbocycles. The number of anilines is 1. The maximum Gasteiger partial charge on any atom is 0.252 e. The molecule has 1 aliphatic rings. The average Bonchev–Trinajstić information content (AvgIpc) is 2.59. The van der Waals surface area contributed by atoms with Gasteiger partial charge >= 0.3 is 0 Å². The second-order valence-corrected chi connectivity index (χ2v) is 6.01. The first kappa shape index (κ1) is 16.7. The molecule has 1 fully saturated rings. The highest BCUT2D eigenvalue weighted by Crippen LogP contribution is 2.29. The molecule has 2 aromatic rings. The molecule has 1 aromatic heterocycles. The zero-order valence-corrected chi connectivity index (χ0v) is 14.2. The van der Waals surface area contributed by atoms with E-state index in [1.165, 1.54) is 11.6 Å². The Morgan fingerprint density at radius 2 is 2.17 bits per heavy atom. The van der Waals surface area contributed by atoms with Crippen molar-refractivity contribution in [3.05, 3.63) is 58.0 Å². The van der Waals surface area contributed by atoms with E-state index in [2.05, 4.69) is 51.4 Å². The van der Waals surface area contributed by atoms with E-state index in [0.717, 1.165) is 13.1 Å². The maximum atomic E-state index is 11.6. The van der Waals surface area contributed by atoms with Crippen LogP contribution in [0.1, 0.15) is 24.2 Å². The van der Waals surface area contributed by atoms with Gasteiger partial charge in [-0.3, -0.25) is 14.7 Å². The molecule has 1 aliphatic heterocycles.